The van der Waals surface area contributed by atoms with Gasteiger partial charge in [-0.1, -0.05) is 11.6 Å². The zero-order valence-corrected chi connectivity index (χ0v) is 17.4. The molecular formula is C22H19ClFN3O4. The zero-order valence-electron chi connectivity index (χ0n) is 16.6. The number of methoxy groups -OCH3 is 1. The fraction of sp³-hybridized carbons (Fsp3) is 0.318. The molecule has 7 nitrogen and oxygen atoms in total. The predicted molar refractivity (Wildman–Crippen MR) is 112 cm³/mol. The van der Waals surface area contributed by atoms with Gasteiger partial charge < -0.3 is 24.9 Å². The van der Waals surface area contributed by atoms with Crippen molar-refractivity contribution in [2.45, 2.75) is 38.1 Å². The number of ether oxygens (including phenoxy) is 1. The van der Waals surface area contributed by atoms with Crippen molar-refractivity contribution in [3.8, 4) is 11.4 Å². The first-order valence-electron chi connectivity index (χ1n) is 9.85. The highest BCUT2D eigenvalue weighted by Crippen LogP contribution is 2.45. The number of hydrogen-bond acceptors (Lipinski definition) is 6. The minimum Gasteiger partial charge on any atom is -0.381 e. The number of aldehydes is 1. The highest BCUT2D eigenvalue weighted by atomic mass is 35.5. The molecule has 3 heterocycles. The van der Waals surface area contributed by atoms with Crippen LogP contribution in [0.5, 0.6) is 0 Å². The molecule has 2 aromatic heterocycles. The van der Waals surface area contributed by atoms with E-state index in [-0.39, 0.29) is 40.9 Å². The fourth-order valence-corrected chi connectivity index (χ4v) is 5.07. The first-order valence-corrected chi connectivity index (χ1v) is 10.2. The summed E-state index contributed by atoms with van der Waals surface area (Å²) in [4.78, 5) is 29.2. The van der Waals surface area contributed by atoms with Crippen LogP contribution in [0, 0.1) is 5.82 Å². The normalized spacial score (nSPS) is 17.5. The van der Waals surface area contributed by atoms with E-state index in [1.54, 1.807) is 6.07 Å². The Hall–Kier alpha value is -2.65. The molecule has 2 aliphatic rings. The first kappa shape index (κ1) is 20.3. The van der Waals surface area contributed by atoms with Gasteiger partial charge in [0.15, 0.2) is 6.29 Å². The molecule has 3 aromatic rings. The molecule has 3 N–H and O–H groups in total. The molecular weight excluding hydrogens is 425 g/mol. The fourth-order valence-electron chi connectivity index (χ4n) is 4.83. The lowest BCUT2D eigenvalue weighted by Crippen LogP contribution is -2.26. The lowest BCUT2D eigenvalue weighted by Gasteiger charge is -2.26. The number of carbonyl (C=O) groups excluding carboxylic acids is 1. The molecule has 0 fully saturated rings. The summed E-state index contributed by atoms with van der Waals surface area (Å²) in [5, 5.41) is 11.0. The van der Waals surface area contributed by atoms with E-state index in [2.05, 4.69) is 4.98 Å². The average Bonchev–Trinajstić information content (AvgIpc) is 3.12. The van der Waals surface area contributed by atoms with Crippen molar-refractivity contribution in [1.82, 2.24) is 9.55 Å². The molecule has 0 amide bonds. The number of benzene rings is 1. The number of halogens is 2. The largest absolute Gasteiger partial charge is 0.381 e. The lowest BCUT2D eigenvalue weighted by molar-refractivity contribution is -0.115. The second kappa shape index (κ2) is 7.20. The molecule has 31 heavy (non-hydrogen) atoms. The monoisotopic (exact) mass is 443 g/mol. The molecule has 1 aliphatic heterocycles. The number of rotatable bonds is 4. The van der Waals surface area contributed by atoms with Gasteiger partial charge in [-0.3, -0.25) is 4.79 Å². The van der Waals surface area contributed by atoms with Crippen molar-refractivity contribution in [2.75, 3.05) is 7.11 Å². The highest BCUT2D eigenvalue weighted by molar-refractivity contribution is 6.32. The van der Waals surface area contributed by atoms with Crippen LogP contribution in [0.2, 0.25) is 5.02 Å². The van der Waals surface area contributed by atoms with Crippen LogP contribution in [-0.4, -0.2) is 28.1 Å². The Morgan fingerprint density at radius 1 is 1.45 bits per heavy atom. The summed E-state index contributed by atoms with van der Waals surface area (Å²) in [6.07, 6.45) is 0.0221. The smallest absolute Gasteiger partial charge is 0.257 e. The Bertz CT molecular complexity index is 1340. The Morgan fingerprint density at radius 3 is 2.94 bits per heavy atom. The molecule has 0 spiro atoms. The standard InChI is InChI=1S/C22H19ClFN3O4/c1-31-8-12-10(17(29)7-28)4-16-21-11(6-27(16)22(12)30)18-14(25)3-2-9-19(18)15(26-21)5-13(24)20(9)23/h4-5,7,14,17,29H,2-3,6,8,25H2,1H3. The van der Waals surface area contributed by atoms with Crippen LogP contribution in [-0.2, 0) is 29.1 Å². The van der Waals surface area contributed by atoms with E-state index < -0.39 is 11.9 Å². The van der Waals surface area contributed by atoms with Gasteiger partial charge >= 0.3 is 0 Å². The molecule has 2 unspecified atom stereocenters. The Kier molecular flexibility index (Phi) is 4.71. The van der Waals surface area contributed by atoms with Crippen molar-refractivity contribution in [3.63, 3.8) is 0 Å². The number of aryl methyl sites for hydroxylation is 1. The van der Waals surface area contributed by atoms with E-state index in [0.29, 0.717) is 41.6 Å². The molecule has 9 heteroatoms. The van der Waals surface area contributed by atoms with Gasteiger partial charge in [0.2, 0.25) is 0 Å². The van der Waals surface area contributed by atoms with E-state index in [9.17, 15) is 19.1 Å². The number of nitrogens with zero attached hydrogens (tertiary/aromatic N) is 2. The van der Waals surface area contributed by atoms with Crippen LogP contribution in [0.4, 0.5) is 4.39 Å². The van der Waals surface area contributed by atoms with Gasteiger partial charge in [-0.25, -0.2) is 9.37 Å². The number of carbonyl (C=O) groups is 1. The van der Waals surface area contributed by atoms with Crippen molar-refractivity contribution in [3.05, 3.63) is 61.1 Å². The molecule has 0 saturated heterocycles. The summed E-state index contributed by atoms with van der Waals surface area (Å²) in [6.45, 7) is 0.181. The molecule has 5 rings (SSSR count). The van der Waals surface area contributed by atoms with Gasteiger partial charge in [-0.2, -0.15) is 0 Å². The van der Waals surface area contributed by atoms with Crippen molar-refractivity contribution in [2.24, 2.45) is 5.73 Å². The second-order valence-corrected chi connectivity index (χ2v) is 8.29. The van der Waals surface area contributed by atoms with Crippen LogP contribution in [0.1, 0.15) is 46.4 Å². The van der Waals surface area contributed by atoms with Gasteiger partial charge in [0.05, 0.1) is 35.1 Å². The maximum Gasteiger partial charge on any atom is 0.257 e. The molecule has 1 aromatic carbocycles. The van der Waals surface area contributed by atoms with Crippen LogP contribution in [0.3, 0.4) is 0 Å². The average molecular weight is 444 g/mol. The van der Waals surface area contributed by atoms with Crippen LogP contribution < -0.4 is 11.3 Å². The van der Waals surface area contributed by atoms with Crippen molar-refractivity contribution in [1.29, 1.82) is 0 Å². The highest BCUT2D eigenvalue weighted by Gasteiger charge is 2.34. The van der Waals surface area contributed by atoms with E-state index in [0.717, 1.165) is 16.5 Å². The van der Waals surface area contributed by atoms with Crippen LogP contribution in [0.25, 0.3) is 22.3 Å². The van der Waals surface area contributed by atoms with E-state index in [4.69, 9.17) is 22.1 Å². The third-order valence-corrected chi connectivity index (χ3v) is 6.62. The van der Waals surface area contributed by atoms with Gasteiger partial charge in [-0.05, 0) is 30.0 Å². The minimum atomic E-state index is -1.48. The van der Waals surface area contributed by atoms with Gasteiger partial charge in [0.1, 0.15) is 11.9 Å². The minimum absolute atomic E-state index is 0.0531. The zero-order chi connectivity index (χ0) is 22.0. The number of pyridine rings is 2. The third kappa shape index (κ3) is 2.79. The van der Waals surface area contributed by atoms with E-state index in [1.165, 1.54) is 17.7 Å². The van der Waals surface area contributed by atoms with E-state index >= 15 is 0 Å². The molecule has 1 aliphatic carbocycles. The topological polar surface area (TPSA) is 107 Å². The summed E-state index contributed by atoms with van der Waals surface area (Å²) in [7, 11) is 1.43. The number of fused-ring (bicyclic) bond motifs is 4. The van der Waals surface area contributed by atoms with Gasteiger partial charge in [0, 0.05) is 41.3 Å². The molecule has 0 radical (unpaired) electrons. The third-order valence-electron chi connectivity index (χ3n) is 6.21. The quantitative estimate of drug-likeness (QED) is 0.469. The maximum atomic E-state index is 14.5. The van der Waals surface area contributed by atoms with Crippen molar-refractivity contribution < 1.29 is 19.0 Å². The summed E-state index contributed by atoms with van der Waals surface area (Å²) < 4.78 is 21.1. The van der Waals surface area contributed by atoms with Gasteiger partial charge in [-0.15, -0.1) is 0 Å². The predicted octanol–water partition coefficient (Wildman–Crippen LogP) is 2.54. The Morgan fingerprint density at radius 2 is 2.23 bits per heavy atom. The molecule has 0 bridgehead atoms. The van der Waals surface area contributed by atoms with Crippen molar-refractivity contribution >= 4 is 28.8 Å². The number of hydrogen-bond donors (Lipinski definition) is 2. The van der Waals surface area contributed by atoms with Crippen LogP contribution >= 0.6 is 11.6 Å². The SMILES string of the molecule is COCc1c(C(O)C=O)cc2n(c1=O)Cc1c-2nc2cc(F)c(Cl)c3c2c1C(N)CC3. The molecule has 160 valence electrons. The summed E-state index contributed by atoms with van der Waals surface area (Å²) in [5.74, 6) is -0.555. The number of aliphatic hydroxyl groups is 1. The maximum absolute atomic E-state index is 14.5. The Labute approximate surface area is 181 Å². The lowest BCUT2D eigenvalue weighted by atomic mass is 9.84. The summed E-state index contributed by atoms with van der Waals surface area (Å²) in [5.41, 5.74) is 10.1. The number of aliphatic hydroxyl groups excluding tert-OH is 1. The summed E-state index contributed by atoms with van der Waals surface area (Å²) in [6, 6.07) is 2.55. The van der Waals surface area contributed by atoms with Crippen LogP contribution in [0.15, 0.2) is 16.9 Å². The summed E-state index contributed by atoms with van der Waals surface area (Å²) >= 11 is 6.24. The van der Waals surface area contributed by atoms with E-state index in [1.807, 2.05) is 0 Å². The molecule has 0 saturated carbocycles. The molecule has 2 atom stereocenters. The van der Waals surface area contributed by atoms with Gasteiger partial charge in [0.25, 0.3) is 5.56 Å². The Balaban J connectivity index is 1.86. The number of aromatic nitrogens is 2. The second-order valence-electron chi connectivity index (χ2n) is 7.91. The first-order chi connectivity index (χ1) is 14.9. The number of nitrogens with two attached hydrogens (primary N) is 1.